The number of para-hydroxylation sites is 1. The van der Waals surface area contributed by atoms with Crippen LogP contribution < -0.4 is 14.4 Å². The second-order valence-corrected chi connectivity index (χ2v) is 5.45. The van der Waals surface area contributed by atoms with Crippen LogP contribution in [0.2, 0.25) is 0 Å². The van der Waals surface area contributed by atoms with Crippen LogP contribution in [0.1, 0.15) is 12.8 Å². The van der Waals surface area contributed by atoms with Crippen LogP contribution in [0.3, 0.4) is 0 Å². The standard InChI is InChI=1S/C17H17N3O5/c21-16-12-25-14-8-9-15(20(22)23)18-17(14)19(16)10-4-5-11-24-13-6-2-1-3-7-13/h1-3,6-9H,4-5,10-12H2. The minimum absolute atomic E-state index is 0.0903. The van der Waals surface area contributed by atoms with E-state index in [-0.39, 0.29) is 24.1 Å². The predicted molar refractivity (Wildman–Crippen MR) is 89.9 cm³/mol. The van der Waals surface area contributed by atoms with E-state index in [9.17, 15) is 14.9 Å². The molecule has 1 aliphatic rings. The second kappa shape index (κ2) is 7.61. The summed E-state index contributed by atoms with van der Waals surface area (Å²) in [6.45, 7) is 0.840. The lowest BCUT2D eigenvalue weighted by molar-refractivity contribution is -0.389. The zero-order chi connectivity index (χ0) is 17.6. The third-order valence-electron chi connectivity index (χ3n) is 3.71. The molecule has 0 N–H and O–H groups in total. The summed E-state index contributed by atoms with van der Waals surface area (Å²) in [5.41, 5.74) is 0. The molecular formula is C17H17N3O5. The average molecular weight is 343 g/mol. The molecule has 0 spiro atoms. The zero-order valence-electron chi connectivity index (χ0n) is 13.5. The molecule has 0 atom stereocenters. The van der Waals surface area contributed by atoms with Crippen molar-refractivity contribution in [1.29, 1.82) is 0 Å². The molecule has 1 aromatic heterocycles. The van der Waals surface area contributed by atoms with E-state index in [0.717, 1.165) is 12.2 Å². The van der Waals surface area contributed by atoms with Crippen molar-refractivity contribution in [2.24, 2.45) is 0 Å². The van der Waals surface area contributed by atoms with Crippen LogP contribution in [-0.4, -0.2) is 35.6 Å². The number of nitro groups is 1. The van der Waals surface area contributed by atoms with E-state index < -0.39 is 4.92 Å². The number of anilines is 1. The number of hydrogen-bond acceptors (Lipinski definition) is 6. The first-order valence-corrected chi connectivity index (χ1v) is 7.91. The molecule has 0 saturated heterocycles. The molecule has 1 amide bonds. The number of ether oxygens (including phenoxy) is 2. The van der Waals surface area contributed by atoms with Gasteiger partial charge in [0.1, 0.15) is 5.75 Å². The molecule has 3 rings (SSSR count). The summed E-state index contributed by atoms with van der Waals surface area (Å²) in [7, 11) is 0. The van der Waals surface area contributed by atoms with Gasteiger partial charge in [0.2, 0.25) is 0 Å². The number of fused-ring (bicyclic) bond motifs is 1. The summed E-state index contributed by atoms with van der Waals surface area (Å²) in [4.78, 5) is 27.8. The third-order valence-corrected chi connectivity index (χ3v) is 3.71. The molecular weight excluding hydrogens is 326 g/mol. The Hall–Kier alpha value is -3.16. The first-order valence-electron chi connectivity index (χ1n) is 7.91. The molecule has 8 nitrogen and oxygen atoms in total. The van der Waals surface area contributed by atoms with Crippen molar-refractivity contribution in [1.82, 2.24) is 4.98 Å². The highest BCUT2D eigenvalue weighted by Gasteiger charge is 2.31. The first-order chi connectivity index (χ1) is 12.1. The number of rotatable bonds is 7. The lowest BCUT2D eigenvalue weighted by atomic mass is 10.2. The minimum atomic E-state index is -0.592. The van der Waals surface area contributed by atoms with Crippen LogP contribution in [0.4, 0.5) is 11.6 Å². The Balaban J connectivity index is 1.58. The molecule has 0 bridgehead atoms. The Morgan fingerprint density at radius 2 is 2.00 bits per heavy atom. The number of pyridine rings is 1. The highest BCUT2D eigenvalue weighted by molar-refractivity contribution is 5.96. The maximum atomic E-state index is 12.1. The molecule has 2 aromatic rings. The Bertz CT molecular complexity index is 766. The van der Waals surface area contributed by atoms with Crippen LogP contribution in [0.25, 0.3) is 0 Å². The van der Waals surface area contributed by atoms with Gasteiger partial charge in [-0.3, -0.25) is 9.69 Å². The normalized spacial score (nSPS) is 13.1. The van der Waals surface area contributed by atoms with Crippen molar-refractivity contribution < 1.29 is 19.2 Å². The number of carbonyl (C=O) groups is 1. The van der Waals surface area contributed by atoms with Crippen molar-refractivity contribution in [3.63, 3.8) is 0 Å². The van der Waals surface area contributed by atoms with Crippen molar-refractivity contribution in [3.8, 4) is 11.5 Å². The van der Waals surface area contributed by atoms with E-state index in [2.05, 4.69) is 4.98 Å². The van der Waals surface area contributed by atoms with Crippen LogP contribution in [-0.2, 0) is 4.79 Å². The topological polar surface area (TPSA) is 94.8 Å². The lowest BCUT2D eigenvalue weighted by Gasteiger charge is -2.25. The highest BCUT2D eigenvalue weighted by Crippen LogP contribution is 2.32. The van der Waals surface area contributed by atoms with Gasteiger partial charge in [0.25, 0.3) is 11.7 Å². The molecule has 2 heterocycles. The van der Waals surface area contributed by atoms with E-state index >= 15 is 0 Å². The van der Waals surface area contributed by atoms with Gasteiger partial charge in [-0.1, -0.05) is 18.2 Å². The maximum Gasteiger partial charge on any atom is 0.366 e. The number of benzene rings is 1. The van der Waals surface area contributed by atoms with E-state index in [1.165, 1.54) is 17.0 Å². The number of aromatic nitrogens is 1. The van der Waals surface area contributed by atoms with Gasteiger partial charge in [0.15, 0.2) is 12.4 Å². The van der Waals surface area contributed by atoms with Crippen LogP contribution in [0, 0.1) is 10.1 Å². The van der Waals surface area contributed by atoms with E-state index in [4.69, 9.17) is 9.47 Å². The third kappa shape index (κ3) is 4.03. The van der Waals surface area contributed by atoms with Gasteiger partial charge in [-0.15, -0.1) is 0 Å². The Morgan fingerprint density at radius 1 is 1.20 bits per heavy atom. The number of unbranched alkanes of at least 4 members (excludes halogenated alkanes) is 1. The number of carbonyl (C=O) groups excluding carboxylic acids is 1. The van der Waals surface area contributed by atoms with Gasteiger partial charge in [0, 0.05) is 12.6 Å². The maximum absolute atomic E-state index is 12.1. The Kier molecular flexibility index (Phi) is 5.08. The summed E-state index contributed by atoms with van der Waals surface area (Å²) in [6.07, 6.45) is 1.42. The van der Waals surface area contributed by atoms with Gasteiger partial charge in [-0.25, -0.2) is 0 Å². The Morgan fingerprint density at radius 3 is 2.76 bits per heavy atom. The summed E-state index contributed by atoms with van der Waals surface area (Å²) in [5.74, 6) is 0.812. The Labute approximate surface area is 144 Å². The van der Waals surface area contributed by atoms with Gasteiger partial charge in [0.05, 0.1) is 6.61 Å². The molecule has 0 unspecified atom stereocenters. The van der Waals surface area contributed by atoms with Crippen molar-refractivity contribution >= 4 is 17.5 Å². The smallest absolute Gasteiger partial charge is 0.366 e. The molecule has 25 heavy (non-hydrogen) atoms. The van der Waals surface area contributed by atoms with Crippen molar-refractivity contribution in [3.05, 3.63) is 52.6 Å². The molecule has 130 valence electrons. The minimum Gasteiger partial charge on any atom is -0.494 e. The summed E-state index contributed by atoms with van der Waals surface area (Å²) < 4.78 is 10.9. The second-order valence-electron chi connectivity index (χ2n) is 5.45. The van der Waals surface area contributed by atoms with Crippen molar-refractivity contribution in [2.75, 3.05) is 24.7 Å². The fourth-order valence-electron chi connectivity index (χ4n) is 2.48. The highest BCUT2D eigenvalue weighted by atomic mass is 16.6. The van der Waals surface area contributed by atoms with Gasteiger partial charge < -0.3 is 19.6 Å². The molecule has 0 aliphatic carbocycles. The van der Waals surface area contributed by atoms with Gasteiger partial charge >= 0.3 is 5.82 Å². The number of amides is 1. The first kappa shape index (κ1) is 16.7. The molecule has 1 aromatic carbocycles. The van der Waals surface area contributed by atoms with E-state index in [1.807, 2.05) is 30.3 Å². The average Bonchev–Trinajstić information content (AvgIpc) is 2.63. The number of hydrogen-bond donors (Lipinski definition) is 0. The predicted octanol–water partition coefficient (Wildman–Crippen LogP) is 2.57. The molecule has 0 saturated carbocycles. The molecule has 0 radical (unpaired) electrons. The lowest BCUT2D eigenvalue weighted by Crippen LogP contribution is -2.40. The SMILES string of the molecule is O=C1COc2ccc([N+](=O)[O-])nc2N1CCCCOc1ccccc1. The van der Waals surface area contributed by atoms with Crippen LogP contribution in [0.5, 0.6) is 11.5 Å². The van der Waals surface area contributed by atoms with Crippen LogP contribution in [0.15, 0.2) is 42.5 Å². The number of nitrogens with zero attached hydrogens (tertiary/aromatic N) is 3. The fourth-order valence-corrected chi connectivity index (χ4v) is 2.48. The summed E-state index contributed by atoms with van der Waals surface area (Å²) in [5, 5.41) is 10.9. The molecule has 0 fully saturated rings. The van der Waals surface area contributed by atoms with E-state index in [1.54, 1.807) is 0 Å². The van der Waals surface area contributed by atoms with Crippen LogP contribution >= 0.6 is 0 Å². The largest absolute Gasteiger partial charge is 0.494 e. The fraction of sp³-hybridized carbons (Fsp3) is 0.294. The monoisotopic (exact) mass is 343 g/mol. The quantitative estimate of drug-likeness (QED) is 0.436. The molecule has 1 aliphatic heterocycles. The van der Waals surface area contributed by atoms with Gasteiger partial charge in [-0.2, -0.15) is 0 Å². The van der Waals surface area contributed by atoms with E-state index in [0.29, 0.717) is 25.3 Å². The zero-order valence-corrected chi connectivity index (χ0v) is 13.5. The summed E-state index contributed by atoms with van der Waals surface area (Å²) >= 11 is 0. The molecule has 8 heteroatoms. The van der Waals surface area contributed by atoms with Gasteiger partial charge in [-0.05, 0) is 40.9 Å². The van der Waals surface area contributed by atoms with Crippen molar-refractivity contribution in [2.45, 2.75) is 12.8 Å². The summed E-state index contributed by atoms with van der Waals surface area (Å²) in [6, 6.07) is 12.2.